The van der Waals surface area contributed by atoms with Crippen molar-refractivity contribution in [1.82, 2.24) is 19.4 Å². The lowest BCUT2D eigenvalue weighted by Gasteiger charge is -2.40. The molecule has 1 aliphatic heterocycles. The molecule has 2 fully saturated rings. The standard InChI is InChI=1S/C33H48N6O5S/c1-4-23(2)31(34)32(40)44-26-14-18-38(19-15-26)25-11-9-24(10-12-25)36-33-35-17-13-30(37-33)39-20-16-27-28(39)7-5-8-29(27)43-21-6-22-45(3,41)42/h5,7-8,13,16-17,20,23-26,31H,4,6,9-12,14-15,18-19,21-22,34H2,1-3H3,(H,35,36,37)/t23-,24?,25?,31-/m1/s1. The lowest BCUT2D eigenvalue weighted by Crippen LogP contribution is -2.47. The topological polar surface area (TPSA) is 142 Å². The number of anilines is 1. The van der Waals surface area contributed by atoms with Crippen LogP contribution in [0.25, 0.3) is 16.7 Å². The van der Waals surface area contributed by atoms with E-state index in [1.54, 1.807) is 6.20 Å². The zero-order valence-corrected chi connectivity index (χ0v) is 27.5. The van der Waals surface area contributed by atoms with Gasteiger partial charge in [-0.3, -0.25) is 4.79 Å². The van der Waals surface area contributed by atoms with Gasteiger partial charge in [0.1, 0.15) is 33.6 Å². The number of rotatable bonds is 13. The number of fused-ring (bicyclic) bond motifs is 1. The van der Waals surface area contributed by atoms with E-state index < -0.39 is 15.9 Å². The minimum Gasteiger partial charge on any atom is -0.493 e. The van der Waals surface area contributed by atoms with Crippen LogP contribution in [0.1, 0.15) is 65.2 Å². The second-order valence-corrected chi connectivity index (χ2v) is 14.9. The summed E-state index contributed by atoms with van der Waals surface area (Å²) in [7, 11) is -3.01. The number of hydrogen-bond acceptors (Lipinski definition) is 10. The monoisotopic (exact) mass is 640 g/mol. The fourth-order valence-electron chi connectivity index (χ4n) is 6.38. The van der Waals surface area contributed by atoms with Crippen LogP contribution in [0.4, 0.5) is 5.95 Å². The molecule has 1 aliphatic carbocycles. The van der Waals surface area contributed by atoms with Gasteiger partial charge in [-0.15, -0.1) is 0 Å². The number of ether oxygens (including phenoxy) is 2. The van der Waals surface area contributed by atoms with E-state index in [4.69, 9.17) is 20.2 Å². The number of sulfone groups is 1. The van der Waals surface area contributed by atoms with Gasteiger partial charge in [-0.2, -0.15) is 4.98 Å². The number of nitrogens with zero attached hydrogens (tertiary/aromatic N) is 4. The largest absolute Gasteiger partial charge is 0.493 e. The van der Waals surface area contributed by atoms with Gasteiger partial charge in [0.05, 0.1) is 17.9 Å². The molecule has 1 saturated heterocycles. The van der Waals surface area contributed by atoms with Crippen molar-refractivity contribution in [3.05, 3.63) is 42.7 Å². The highest BCUT2D eigenvalue weighted by Gasteiger charge is 2.31. The predicted molar refractivity (Wildman–Crippen MR) is 176 cm³/mol. The Hall–Kier alpha value is -3.22. The lowest BCUT2D eigenvalue weighted by molar-refractivity contribution is -0.154. The van der Waals surface area contributed by atoms with Crippen molar-refractivity contribution in [3.63, 3.8) is 0 Å². The first-order chi connectivity index (χ1) is 21.6. The van der Waals surface area contributed by atoms with Crippen molar-refractivity contribution in [2.75, 3.05) is 37.0 Å². The molecule has 5 rings (SSSR count). The summed E-state index contributed by atoms with van der Waals surface area (Å²) in [6.45, 7) is 6.27. The Morgan fingerprint density at radius 3 is 2.58 bits per heavy atom. The molecule has 12 heteroatoms. The Morgan fingerprint density at radius 1 is 1.11 bits per heavy atom. The Bertz CT molecular complexity index is 1530. The fourth-order valence-corrected chi connectivity index (χ4v) is 7.02. The van der Waals surface area contributed by atoms with E-state index in [-0.39, 0.29) is 23.7 Å². The highest BCUT2D eigenvalue weighted by Crippen LogP contribution is 2.30. The molecule has 3 heterocycles. The van der Waals surface area contributed by atoms with Gasteiger partial charge >= 0.3 is 5.97 Å². The molecule has 3 N–H and O–H groups in total. The second-order valence-electron chi connectivity index (χ2n) is 12.7. The molecule has 1 saturated carbocycles. The zero-order chi connectivity index (χ0) is 32.0. The van der Waals surface area contributed by atoms with Crippen LogP contribution in [0.5, 0.6) is 5.75 Å². The van der Waals surface area contributed by atoms with Crippen LogP contribution in [-0.4, -0.2) is 89.8 Å². The third kappa shape index (κ3) is 8.74. The maximum absolute atomic E-state index is 12.4. The Balaban J connectivity index is 1.11. The molecule has 0 bridgehead atoms. The molecule has 1 aromatic carbocycles. The van der Waals surface area contributed by atoms with Crippen molar-refractivity contribution in [2.45, 2.75) is 89.4 Å². The molecule has 2 atom stereocenters. The number of aromatic nitrogens is 3. The minimum absolute atomic E-state index is 0.0326. The molecule has 0 radical (unpaired) electrons. The van der Waals surface area contributed by atoms with Crippen LogP contribution >= 0.6 is 0 Å². The highest BCUT2D eigenvalue weighted by atomic mass is 32.2. The SMILES string of the molecule is CC[C@@H](C)[C@@H](N)C(=O)OC1CCN(C2CCC(Nc3nccc(-n4ccc5c(OCCCS(C)(=O)=O)cccc54)n3)CC2)CC1. The van der Waals surface area contributed by atoms with Crippen molar-refractivity contribution in [3.8, 4) is 11.6 Å². The van der Waals surface area contributed by atoms with Gasteiger partial charge in [-0.1, -0.05) is 26.3 Å². The van der Waals surface area contributed by atoms with Crippen LogP contribution < -0.4 is 15.8 Å². The van der Waals surface area contributed by atoms with Crippen LogP contribution in [0.2, 0.25) is 0 Å². The number of piperidine rings is 1. The van der Waals surface area contributed by atoms with E-state index in [2.05, 4.69) is 15.2 Å². The average molecular weight is 641 g/mol. The zero-order valence-electron chi connectivity index (χ0n) is 26.7. The highest BCUT2D eigenvalue weighted by molar-refractivity contribution is 7.90. The number of carbonyl (C=O) groups excluding carboxylic acids is 1. The normalized spacial score (nSPS) is 21.3. The molecule has 45 heavy (non-hydrogen) atoms. The third-order valence-electron chi connectivity index (χ3n) is 9.33. The van der Waals surface area contributed by atoms with Crippen molar-refractivity contribution >= 4 is 32.7 Å². The van der Waals surface area contributed by atoms with Crippen LogP contribution in [0, 0.1) is 5.92 Å². The van der Waals surface area contributed by atoms with Gasteiger partial charge in [0, 0.05) is 49.2 Å². The minimum atomic E-state index is -3.01. The molecule has 2 aliphatic rings. The first kappa shape index (κ1) is 33.2. The second kappa shape index (κ2) is 14.9. The van der Waals surface area contributed by atoms with Gasteiger partial charge in [-0.05, 0) is 75.1 Å². The summed E-state index contributed by atoms with van der Waals surface area (Å²) < 4.78 is 36.6. The van der Waals surface area contributed by atoms with E-state index in [0.29, 0.717) is 31.1 Å². The van der Waals surface area contributed by atoms with Crippen LogP contribution in [0.3, 0.4) is 0 Å². The molecular weight excluding hydrogens is 592 g/mol. The van der Waals surface area contributed by atoms with E-state index in [1.165, 1.54) is 6.26 Å². The number of esters is 1. The van der Waals surface area contributed by atoms with Gasteiger partial charge in [0.2, 0.25) is 5.95 Å². The number of benzene rings is 1. The lowest BCUT2D eigenvalue weighted by atomic mass is 9.89. The summed E-state index contributed by atoms with van der Waals surface area (Å²) in [5.74, 6) is 2.07. The summed E-state index contributed by atoms with van der Waals surface area (Å²) in [6, 6.07) is 10.0. The van der Waals surface area contributed by atoms with E-state index >= 15 is 0 Å². The average Bonchev–Trinajstić information content (AvgIpc) is 3.48. The first-order valence-electron chi connectivity index (χ1n) is 16.3. The van der Waals surface area contributed by atoms with Crippen LogP contribution in [0.15, 0.2) is 42.7 Å². The van der Waals surface area contributed by atoms with Gasteiger partial charge in [0.25, 0.3) is 0 Å². The molecule has 246 valence electrons. The Kier molecular flexibility index (Phi) is 11.0. The smallest absolute Gasteiger partial charge is 0.323 e. The van der Waals surface area contributed by atoms with Crippen molar-refractivity contribution in [2.24, 2.45) is 11.7 Å². The Morgan fingerprint density at radius 2 is 1.87 bits per heavy atom. The van der Waals surface area contributed by atoms with Crippen molar-refractivity contribution in [1.29, 1.82) is 0 Å². The maximum atomic E-state index is 12.4. The quantitative estimate of drug-likeness (QED) is 0.205. The molecule has 2 aromatic heterocycles. The number of nitrogens with one attached hydrogen (secondary N) is 1. The van der Waals surface area contributed by atoms with Crippen LogP contribution in [-0.2, 0) is 19.4 Å². The molecule has 0 amide bonds. The first-order valence-corrected chi connectivity index (χ1v) is 18.4. The summed E-state index contributed by atoms with van der Waals surface area (Å²) >= 11 is 0. The van der Waals surface area contributed by atoms with Crippen molar-refractivity contribution < 1.29 is 22.7 Å². The van der Waals surface area contributed by atoms with E-state index in [9.17, 15) is 13.2 Å². The third-order valence-corrected chi connectivity index (χ3v) is 10.4. The van der Waals surface area contributed by atoms with Gasteiger partial charge in [-0.25, -0.2) is 13.4 Å². The summed E-state index contributed by atoms with van der Waals surface area (Å²) in [6.07, 6.45) is 12.3. The molecule has 3 aromatic rings. The fraction of sp³-hybridized carbons (Fsp3) is 0.606. The number of hydrogen-bond donors (Lipinski definition) is 2. The molecule has 11 nitrogen and oxygen atoms in total. The molecule has 0 unspecified atom stereocenters. The number of nitrogens with two attached hydrogens (primary N) is 1. The van der Waals surface area contributed by atoms with E-state index in [0.717, 1.165) is 80.5 Å². The molecule has 0 spiro atoms. The van der Waals surface area contributed by atoms with Gasteiger partial charge < -0.3 is 30.0 Å². The van der Waals surface area contributed by atoms with E-state index in [1.807, 2.05) is 54.9 Å². The maximum Gasteiger partial charge on any atom is 0.323 e. The Labute approximate surface area is 266 Å². The predicted octanol–water partition coefficient (Wildman–Crippen LogP) is 4.34. The summed E-state index contributed by atoms with van der Waals surface area (Å²) in [5, 5.41) is 4.51. The summed E-state index contributed by atoms with van der Waals surface area (Å²) in [5.41, 5.74) is 7.03. The number of carbonyl (C=O) groups is 1. The molecular formula is C33H48N6O5S. The number of likely N-dealkylation sites (tertiary alicyclic amines) is 1. The summed E-state index contributed by atoms with van der Waals surface area (Å²) in [4.78, 5) is 24.3. The van der Waals surface area contributed by atoms with Gasteiger partial charge in [0.15, 0.2) is 0 Å².